The Hall–Kier alpha value is -0.350. The van der Waals surface area contributed by atoms with Crippen molar-refractivity contribution in [3.8, 4) is 0 Å². The van der Waals surface area contributed by atoms with Crippen LogP contribution in [0.3, 0.4) is 0 Å². The fraction of sp³-hybridized carbons (Fsp3) is 0.800. The lowest BCUT2D eigenvalue weighted by atomic mass is 9.75. The summed E-state index contributed by atoms with van der Waals surface area (Å²) in [5.74, 6) is 0.624. The van der Waals surface area contributed by atoms with Crippen LogP contribution in [0.2, 0.25) is 0 Å². The van der Waals surface area contributed by atoms with E-state index in [1.54, 1.807) is 0 Å². The minimum Gasteiger partial charge on any atom is -0.316 e. The lowest BCUT2D eigenvalue weighted by Crippen LogP contribution is -2.38. The van der Waals surface area contributed by atoms with Crippen LogP contribution in [0.1, 0.15) is 46.0 Å². The van der Waals surface area contributed by atoms with Gasteiger partial charge in [0.2, 0.25) is 0 Å². The highest BCUT2D eigenvalue weighted by Gasteiger charge is 2.30. The molecule has 1 N–H and O–H groups in total. The first kappa shape index (κ1) is 16.7. The molecule has 1 atom stereocenters. The maximum absolute atomic E-state index is 4.60. The Balaban J connectivity index is 3.00. The fourth-order valence-corrected chi connectivity index (χ4v) is 3.03. The number of nitrogens with zero attached hydrogens (tertiary/aromatic N) is 2. The number of aromatic nitrogens is 2. The number of hydrogen-bond donors (Lipinski definition) is 1. The molecule has 1 heterocycles. The molecule has 0 aliphatic heterocycles. The van der Waals surface area contributed by atoms with Crippen molar-refractivity contribution in [2.24, 2.45) is 18.4 Å². The number of rotatable bonds is 7. The van der Waals surface area contributed by atoms with Gasteiger partial charge in [-0.15, -0.1) is 0 Å². The van der Waals surface area contributed by atoms with Crippen LogP contribution in [0.15, 0.2) is 4.47 Å². The van der Waals surface area contributed by atoms with Crippen molar-refractivity contribution in [3.63, 3.8) is 0 Å². The zero-order valence-electron chi connectivity index (χ0n) is 13.2. The molecule has 0 aliphatic carbocycles. The number of aryl methyl sites for hydroxylation is 2. The van der Waals surface area contributed by atoms with E-state index in [2.05, 4.69) is 61.0 Å². The molecule has 1 aromatic rings. The Labute approximate surface area is 126 Å². The Morgan fingerprint density at radius 2 is 2.00 bits per heavy atom. The van der Waals surface area contributed by atoms with Crippen molar-refractivity contribution < 1.29 is 0 Å². The summed E-state index contributed by atoms with van der Waals surface area (Å²) in [7, 11) is 2.05. The number of nitrogens with one attached hydrogen (secondary N) is 1. The van der Waals surface area contributed by atoms with E-state index < -0.39 is 0 Å². The second-order valence-corrected chi connectivity index (χ2v) is 6.74. The van der Waals surface area contributed by atoms with Gasteiger partial charge in [-0.3, -0.25) is 4.68 Å². The van der Waals surface area contributed by atoms with Gasteiger partial charge in [-0.05, 0) is 46.6 Å². The summed E-state index contributed by atoms with van der Waals surface area (Å²) < 4.78 is 3.23. The maximum atomic E-state index is 4.60. The molecule has 1 aromatic heterocycles. The van der Waals surface area contributed by atoms with Gasteiger partial charge in [0.1, 0.15) is 0 Å². The van der Waals surface area contributed by atoms with Crippen LogP contribution >= 0.6 is 15.9 Å². The molecule has 0 aromatic carbocycles. The van der Waals surface area contributed by atoms with Gasteiger partial charge in [0.25, 0.3) is 0 Å². The van der Waals surface area contributed by atoms with Crippen LogP contribution in [0.25, 0.3) is 0 Å². The Bertz CT molecular complexity index is 412. The molecule has 0 saturated carbocycles. The average Bonchev–Trinajstić information content (AvgIpc) is 2.63. The van der Waals surface area contributed by atoms with Crippen LogP contribution in [0.4, 0.5) is 0 Å². The van der Waals surface area contributed by atoms with E-state index in [0.717, 1.165) is 31.6 Å². The molecule has 0 spiro atoms. The van der Waals surface area contributed by atoms with Crippen molar-refractivity contribution in [1.82, 2.24) is 15.1 Å². The highest BCUT2D eigenvalue weighted by Crippen LogP contribution is 2.34. The second-order valence-electron chi connectivity index (χ2n) is 5.95. The molecule has 1 unspecified atom stereocenters. The van der Waals surface area contributed by atoms with Crippen LogP contribution in [-0.4, -0.2) is 22.9 Å². The minimum atomic E-state index is 0.247. The lowest BCUT2D eigenvalue weighted by Gasteiger charge is -2.34. The molecule has 0 fully saturated rings. The molecule has 0 saturated heterocycles. The second kappa shape index (κ2) is 6.89. The zero-order valence-corrected chi connectivity index (χ0v) is 14.8. The third-order valence-corrected chi connectivity index (χ3v) is 5.16. The van der Waals surface area contributed by atoms with Gasteiger partial charge in [0, 0.05) is 13.6 Å². The average molecular weight is 330 g/mol. The first-order chi connectivity index (χ1) is 8.85. The van der Waals surface area contributed by atoms with E-state index in [-0.39, 0.29) is 5.41 Å². The normalized spacial score (nSPS) is 14.9. The quantitative estimate of drug-likeness (QED) is 0.828. The van der Waals surface area contributed by atoms with Gasteiger partial charge in [-0.25, -0.2) is 0 Å². The Morgan fingerprint density at radius 1 is 1.37 bits per heavy atom. The molecule has 1 rings (SSSR count). The van der Waals surface area contributed by atoms with Gasteiger partial charge < -0.3 is 5.32 Å². The van der Waals surface area contributed by atoms with Gasteiger partial charge in [0.15, 0.2) is 0 Å². The first-order valence-corrected chi connectivity index (χ1v) is 8.06. The molecule has 19 heavy (non-hydrogen) atoms. The van der Waals surface area contributed by atoms with Crippen LogP contribution in [0.5, 0.6) is 0 Å². The monoisotopic (exact) mass is 329 g/mol. The van der Waals surface area contributed by atoms with Crippen LogP contribution in [-0.2, 0) is 19.9 Å². The molecule has 4 heteroatoms. The zero-order chi connectivity index (χ0) is 14.6. The summed E-state index contributed by atoms with van der Waals surface area (Å²) >= 11 is 3.73. The Kier molecular flexibility index (Phi) is 6.06. The molecular weight excluding hydrogens is 302 g/mol. The minimum absolute atomic E-state index is 0.247. The summed E-state index contributed by atoms with van der Waals surface area (Å²) in [5.41, 5.74) is 2.72. The van der Waals surface area contributed by atoms with E-state index in [1.807, 2.05) is 11.7 Å². The molecular formula is C15H28BrN3. The summed E-state index contributed by atoms with van der Waals surface area (Å²) in [4.78, 5) is 0. The molecule has 0 aliphatic rings. The van der Waals surface area contributed by atoms with Crippen molar-refractivity contribution in [1.29, 1.82) is 0 Å². The SMILES string of the molecule is CCNCC(C)(Cc1c(Br)c(CC)nn1C)C(C)C. The van der Waals surface area contributed by atoms with Crippen molar-refractivity contribution in [3.05, 3.63) is 15.9 Å². The lowest BCUT2D eigenvalue weighted by molar-refractivity contribution is 0.204. The van der Waals surface area contributed by atoms with E-state index in [0.29, 0.717) is 5.92 Å². The highest BCUT2D eigenvalue weighted by atomic mass is 79.9. The fourth-order valence-electron chi connectivity index (χ4n) is 2.28. The molecule has 110 valence electrons. The van der Waals surface area contributed by atoms with Gasteiger partial charge in [-0.1, -0.05) is 34.6 Å². The smallest absolute Gasteiger partial charge is 0.0766 e. The number of halogens is 1. The van der Waals surface area contributed by atoms with Gasteiger partial charge >= 0.3 is 0 Å². The molecule has 0 radical (unpaired) electrons. The van der Waals surface area contributed by atoms with E-state index in [9.17, 15) is 0 Å². The highest BCUT2D eigenvalue weighted by molar-refractivity contribution is 9.10. The molecule has 0 bridgehead atoms. The van der Waals surface area contributed by atoms with Gasteiger partial charge in [-0.2, -0.15) is 5.10 Å². The van der Waals surface area contributed by atoms with Crippen molar-refractivity contribution >= 4 is 15.9 Å². The standard InChI is InChI=1S/C15H28BrN3/c1-7-12-14(16)13(19(6)18-12)9-15(5,11(3)4)10-17-8-2/h11,17H,7-10H2,1-6H3. The largest absolute Gasteiger partial charge is 0.316 e. The van der Waals surface area contributed by atoms with Crippen LogP contribution < -0.4 is 5.32 Å². The van der Waals surface area contributed by atoms with E-state index in [1.165, 1.54) is 10.2 Å². The predicted octanol–water partition coefficient (Wildman–Crippen LogP) is 3.56. The third kappa shape index (κ3) is 3.82. The maximum Gasteiger partial charge on any atom is 0.0766 e. The summed E-state index contributed by atoms with van der Waals surface area (Å²) in [5, 5.41) is 8.11. The Morgan fingerprint density at radius 3 is 2.42 bits per heavy atom. The summed E-state index contributed by atoms with van der Waals surface area (Å²) in [6.07, 6.45) is 2.02. The summed E-state index contributed by atoms with van der Waals surface area (Å²) in [6.45, 7) is 13.4. The van der Waals surface area contributed by atoms with Crippen molar-refractivity contribution in [2.75, 3.05) is 13.1 Å². The number of hydrogen-bond acceptors (Lipinski definition) is 2. The molecule has 0 amide bonds. The van der Waals surface area contributed by atoms with E-state index >= 15 is 0 Å². The van der Waals surface area contributed by atoms with Crippen molar-refractivity contribution in [2.45, 2.75) is 47.5 Å². The van der Waals surface area contributed by atoms with Gasteiger partial charge in [0.05, 0.1) is 15.9 Å². The van der Waals surface area contributed by atoms with E-state index in [4.69, 9.17) is 0 Å². The molecule has 3 nitrogen and oxygen atoms in total. The predicted molar refractivity (Wildman–Crippen MR) is 85.5 cm³/mol. The third-order valence-electron chi connectivity index (χ3n) is 4.25. The topological polar surface area (TPSA) is 29.9 Å². The van der Waals surface area contributed by atoms with Crippen LogP contribution in [0, 0.1) is 11.3 Å². The summed E-state index contributed by atoms with van der Waals surface area (Å²) in [6, 6.07) is 0. The first-order valence-electron chi connectivity index (χ1n) is 7.26.